The van der Waals surface area contributed by atoms with Gasteiger partial charge in [-0.15, -0.1) is 0 Å². The lowest BCUT2D eigenvalue weighted by molar-refractivity contribution is 0.0780. The number of carbonyl (C=O) groups excluding carboxylic acids is 1. The number of benzene rings is 1. The van der Waals surface area contributed by atoms with Crippen LogP contribution in [0, 0.1) is 17.7 Å². The summed E-state index contributed by atoms with van der Waals surface area (Å²) in [6, 6.07) is 4.20. The van der Waals surface area contributed by atoms with Crippen LogP contribution in [-0.4, -0.2) is 23.9 Å². The number of amides is 1. The van der Waals surface area contributed by atoms with Crippen LogP contribution in [0.2, 0.25) is 0 Å². The van der Waals surface area contributed by atoms with Gasteiger partial charge in [0.25, 0.3) is 5.91 Å². The third-order valence-corrected chi connectivity index (χ3v) is 3.50. The van der Waals surface area contributed by atoms with Crippen molar-refractivity contribution in [3.63, 3.8) is 0 Å². The summed E-state index contributed by atoms with van der Waals surface area (Å²) in [5.74, 6) is 0.160. The lowest BCUT2D eigenvalue weighted by Crippen LogP contribution is -2.29. The van der Waals surface area contributed by atoms with Gasteiger partial charge in [0.2, 0.25) is 0 Å². The van der Waals surface area contributed by atoms with Crippen LogP contribution in [0.15, 0.2) is 18.2 Å². The second kappa shape index (κ2) is 4.35. The van der Waals surface area contributed by atoms with Crippen LogP contribution in [0.3, 0.4) is 0 Å². The maximum atomic E-state index is 13.6. The lowest BCUT2D eigenvalue weighted by Gasteiger charge is -2.16. The Morgan fingerprint density at radius 2 is 1.94 bits per heavy atom. The molecule has 3 nitrogen and oxygen atoms in total. The SMILES string of the molecule is CC1CN(C(=O)c2ccc(N)cc2F)CC1C. The third-order valence-electron chi connectivity index (χ3n) is 3.50. The fourth-order valence-electron chi connectivity index (χ4n) is 2.17. The van der Waals surface area contributed by atoms with Gasteiger partial charge >= 0.3 is 0 Å². The van der Waals surface area contributed by atoms with Crippen LogP contribution >= 0.6 is 0 Å². The molecule has 1 amide bonds. The van der Waals surface area contributed by atoms with E-state index in [0.717, 1.165) is 0 Å². The molecule has 1 aromatic carbocycles. The molecule has 92 valence electrons. The van der Waals surface area contributed by atoms with Crippen LogP contribution < -0.4 is 5.73 Å². The number of hydrogen-bond acceptors (Lipinski definition) is 2. The number of hydrogen-bond donors (Lipinski definition) is 1. The second-order valence-corrected chi connectivity index (χ2v) is 4.90. The number of rotatable bonds is 1. The zero-order valence-electron chi connectivity index (χ0n) is 10.1. The zero-order chi connectivity index (χ0) is 12.6. The van der Waals surface area contributed by atoms with E-state index in [1.807, 2.05) is 0 Å². The summed E-state index contributed by atoms with van der Waals surface area (Å²) in [7, 11) is 0. The van der Waals surface area contributed by atoms with Gasteiger partial charge in [-0.05, 0) is 30.0 Å². The maximum absolute atomic E-state index is 13.6. The van der Waals surface area contributed by atoms with Crippen LogP contribution in [0.5, 0.6) is 0 Å². The van der Waals surface area contributed by atoms with Crippen molar-refractivity contribution in [2.75, 3.05) is 18.8 Å². The van der Waals surface area contributed by atoms with Gasteiger partial charge in [0.1, 0.15) is 5.82 Å². The van der Waals surface area contributed by atoms with Crippen molar-refractivity contribution in [3.05, 3.63) is 29.6 Å². The van der Waals surface area contributed by atoms with E-state index in [4.69, 9.17) is 5.73 Å². The number of nitrogen functional groups attached to an aromatic ring is 1. The molecule has 4 heteroatoms. The van der Waals surface area contributed by atoms with Crippen LogP contribution in [0.1, 0.15) is 24.2 Å². The molecule has 2 atom stereocenters. The van der Waals surface area contributed by atoms with Gasteiger partial charge in [-0.1, -0.05) is 13.8 Å². The largest absolute Gasteiger partial charge is 0.399 e. The zero-order valence-corrected chi connectivity index (χ0v) is 10.1. The highest BCUT2D eigenvalue weighted by atomic mass is 19.1. The van der Waals surface area contributed by atoms with Crippen molar-refractivity contribution in [2.45, 2.75) is 13.8 Å². The minimum absolute atomic E-state index is 0.112. The van der Waals surface area contributed by atoms with Gasteiger partial charge in [0, 0.05) is 18.8 Å². The molecule has 1 aliphatic heterocycles. The van der Waals surface area contributed by atoms with Gasteiger partial charge in [-0.3, -0.25) is 4.79 Å². The van der Waals surface area contributed by atoms with E-state index in [2.05, 4.69) is 13.8 Å². The van der Waals surface area contributed by atoms with Crippen molar-refractivity contribution < 1.29 is 9.18 Å². The Morgan fingerprint density at radius 3 is 2.47 bits per heavy atom. The Bertz CT molecular complexity index is 437. The average molecular weight is 236 g/mol. The first-order valence-electron chi connectivity index (χ1n) is 5.83. The summed E-state index contributed by atoms with van der Waals surface area (Å²) in [5.41, 5.74) is 5.91. The van der Waals surface area contributed by atoms with E-state index < -0.39 is 5.82 Å². The molecule has 2 N–H and O–H groups in total. The number of nitrogens with two attached hydrogens (primary N) is 1. The fourth-order valence-corrected chi connectivity index (χ4v) is 2.17. The molecule has 1 aliphatic rings. The van der Waals surface area contributed by atoms with Gasteiger partial charge < -0.3 is 10.6 Å². The summed E-state index contributed by atoms with van der Waals surface area (Å²) in [6.45, 7) is 5.61. The third kappa shape index (κ3) is 2.25. The first-order chi connectivity index (χ1) is 7.99. The number of anilines is 1. The maximum Gasteiger partial charge on any atom is 0.256 e. The molecule has 0 aliphatic carbocycles. The van der Waals surface area contributed by atoms with E-state index in [9.17, 15) is 9.18 Å². The molecule has 2 rings (SSSR count). The minimum atomic E-state index is -0.540. The molecule has 0 saturated carbocycles. The molecule has 0 radical (unpaired) electrons. The highest BCUT2D eigenvalue weighted by Crippen LogP contribution is 2.24. The monoisotopic (exact) mass is 236 g/mol. The normalized spacial score (nSPS) is 24.1. The Labute approximate surface area is 100 Å². The first kappa shape index (κ1) is 11.9. The first-order valence-corrected chi connectivity index (χ1v) is 5.83. The molecular formula is C13H17FN2O. The van der Waals surface area contributed by atoms with Gasteiger partial charge in [-0.25, -0.2) is 4.39 Å². The molecule has 1 aromatic rings. The van der Waals surface area contributed by atoms with Gasteiger partial charge in [0.15, 0.2) is 0 Å². The van der Waals surface area contributed by atoms with E-state index in [1.54, 1.807) is 11.0 Å². The van der Waals surface area contributed by atoms with Crippen molar-refractivity contribution in [2.24, 2.45) is 11.8 Å². The topological polar surface area (TPSA) is 46.3 Å². The van der Waals surface area contributed by atoms with E-state index in [-0.39, 0.29) is 11.5 Å². The number of likely N-dealkylation sites (tertiary alicyclic amines) is 1. The summed E-state index contributed by atoms with van der Waals surface area (Å²) in [4.78, 5) is 13.8. The molecule has 0 spiro atoms. The molecule has 0 aromatic heterocycles. The lowest BCUT2D eigenvalue weighted by atomic mass is 10.0. The summed E-state index contributed by atoms with van der Waals surface area (Å²) in [5, 5.41) is 0. The predicted octanol–water partition coefficient (Wildman–Crippen LogP) is 2.14. The molecule has 1 saturated heterocycles. The number of halogens is 1. The molecule has 1 fully saturated rings. The molecule has 2 unspecified atom stereocenters. The Balaban J connectivity index is 2.20. The molecule has 1 heterocycles. The Morgan fingerprint density at radius 1 is 1.35 bits per heavy atom. The molecule has 17 heavy (non-hydrogen) atoms. The van der Waals surface area contributed by atoms with Crippen molar-refractivity contribution in [3.8, 4) is 0 Å². The summed E-state index contributed by atoms with van der Waals surface area (Å²) >= 11 is 0. The number of carbonyl (C=O) groups is 1. The van der Waals surface area contributed by atoms with E-state index in [1.165, 1.54) is 12.1 Å². The molecular weight excluding hydrogens is 219 g/mol. The molecule has 0 bridgehead atoms. The smallest absolute Gasteiger partial charge is 0.256 e. The Hall–Kier alpha value is -1.58. The van der Waals surface area contributed by atoms with Crippen molar-refractivity contribution in [1.82, 2.24) is 4.90 Å². The quantitative estimate of drug-likeness (QED) is 0.759. The van der Waals surface area contributed by atoms with Crippen LogP contribution in [0.4, 0.5) is 10.1 Å². The van der Waals surface area contributed by atoms with E-state index in [0.29, 0.717) is 30.6 Å². The average Bonchev–Trinajstić information content (AvgIpc) is 2.58. The van der Waals surface area contributed by atoms with Crippen molar-refractivity contribution in [1.29, 1.82) is 0 Å². The van der Waals surface area contributed by atoms with E-state index >= 15 is 0 Å². The fraction of sp³-hybridized carbons (Fsp3) is 0.462. The highest BCUT2D eigenvalue weighted by molar-refractivity contribution is 5.95. The van der Waals surface area contributed by atoms with Gasteiger partial charge in [-0.2, -0.15) is 0 Å². The summed E-state index contributed by atoms with van der Waals surface area (Å²) in [6.07, 6.45) is 0. The van der Waals surface area contributed by atoms with Crippen LogP contribution in [-0.2, 0) is 0 Å². The Kier molecular flexibility index (Phi) is 3.05. The minimum Gasteiger partial charge on any atom is -0.399 e. The summed E-state index contributed by atoms with van der Waals surface area (Å²) < 4.78 is 13.6. The second-order valence-electron chi connectivity index (χ2n) is 4.90. The standard InChI is InChI=1S/C13H17FN2O/c1-8-6-16(7-9(8)2)13(17)11-4-3-10(15)5-12(11)14/h3-5,8-9H,6-7,15H2,1-2H3. The predicted molar refractivity (Wildman–Crippen MR) is 65.0 cm³/mol. The van der Waals surface area contributed by atoms with Crippen LogP contribution in [0.25, 0.3) is 0 Å². The van der Waals surface area contributed by atoms with Gasteiger partial charge in [0.05, 0.1) is 5.56 Å². The highest BCUT2D eigenvalue weighted by Gasteiger charge is 2.30. The van der Waals surface area contributed by atoms with Crippen molar-refractivity contribution >= 4 is 11.6 Å². The number of nitrogens with zero attached hydrogens (tertiary/aromatic N) is 1.